The molecule has 0 fully saturated rings. The quantitative estimate of drug-likeness (QED) is 0.100. The molecule has 1 radical (unpaired) electrons. The molecule has 0 aliphatic heterocycles. The van der Waals surface area contributed by atoms with Gasteiger partial charge < -0.3 is 4.98 Å². The van der Waals surface area contributed by atoms with Gasteiger partial charge in [0, 0.05) is 48.8 Å². The van der Waals surface area contributed by atoms with E-state index in [1.54, 1.807) is 17.5 Å². The molecular weight excluding hydrogens is 855 g/mol. The third kappa shape index (κ3) is 6.87. The number of nitrogens with zero attached hydrogens (tertiary/aromatic N) is 3. The summed E-state index contributed by atoms with van der Waals surface area (Å²) in [7, 11) is 0. The summed E-state index contributed by atoms with van der Waals surface area (Å²) in [6, 6.07) is 37.8. The van der Waals surface area contributed by atoms with Gasteiger partial charge in [0.15, 0.2) is 0 Å². The van der Waals surface area contributed by atoms with E-state index >= 15 is 0 Å². The number of aryl methyl sites for hydroxylation is 2. The minimum absolute atomic E-state index is 0. The first-order valence-electron chi connectivity index (χ1n) is 16.9. The summed E-state index contributed by atoms with van der Waals surface area (Å²) in [5.41, 5.74) is 8.36. The number of fused-ring (bicyclic) bond motifs is 8. The topological polar surface area (TPSA) is 38.7 Å². The van der Waals surface area contributed by atoms with E-state index in [9.17, 15) is 0 Å². The monoisotopic (exact) mass is 897 g/mol. The van der Waals surface area contributed by atoms with Gasteiger partial charge >= 0.3 is 106 Å². The molecule has 49 heavy (non-hydrogen) atoms. The van der Waals surface area contributed by atoms with E-state index in [1.165, 1.54) is 46.3 Å². The third-order valence-electron chi connectivity index (χ3n) is 8.88. The molecule has 0 saturated heterocycles. The molecule has 6 heteroatoms. The molecule has 0 N–H and O–H groups in total. The molecule has 0 aliphatic rings. The minimum atomic E-state index is -1.77. The Morgan fingerprint density at radius 2 is 1.53 bits per heavy atom. The molecule has 0 atom stereocenters. The van der Waals surface area contributed by atoms with E-state index in [1.807, 2.05) is 57.2 Å². The molecule has 0 saturated carbocycles. The standard InChI is InChI=1S/C28H21N2S.C15H18GeN.Ir/c1-16(2)18-13-14-29-24(15-18)21-9-6-10-22-25-19-7-4-5-8-20(19)26-23(12-11-17(3)30-26)28(25)31-27(21)22;1-12-10-15(13-8-6-5-7-9-13)17-11-14(12)16(2,3)4;/h4-8,10-16H,1-3H3;5-8,10-11H,1-4H3;/q2*-1;/i16D;;. The van der Waals surface area contributed by atoms with E-state index in [4.69, 9.17) is 6.35 Å². The van der Waals surface area contributed by atoms with Gasteiger partial charge in [-0.25, -0.2) is 0 Å². The molecule has 3 nitrogen and oxygen atoms in total. The number of rotatable bonds is 4. The zero-order valence-electron chi connectivity index (χ0n) is 29.9. The summed E-state index contributed by atoms with van der Waals surface area (Å²) in [5, 5.41) is 6.08. The fourth-order valence-corrected chi connectivity index (χ4v) is 11.4. The van der Waals surface area contributed by atoms with E-state index in [-0.39, 0.29) is 20.1 Å². The third-order valence-corrected chi connectivity index (χ3v) is 14.6. The van der Waals surface area contributed by atoms with E-state index in [2.05, 4.69) is 107 Å². The molecular formula is C43H39GeIrN3S-2. The van der Waals surface area contributed by atoms with Crippen molar-refractivity contribution < 1.29 is 21.5 Å². The van der Waals surface area contributed by atoms with Crippen molar-refractivity contribution in [3.05, 3.63) is 132 Å². The van der Waals surface area contributed by atoms with Crippen LogP contribution in [0.5, 0.6) is 0 Å². The summed E-state index contributed by atoms with van der Waals surface area (Å²) in [5.74, 6) is 6.52. The van der Waals surface area contributed by atoms with Crippen LogP contribution in [-0.2, 0) is 20.1 Å². The molecule has 0 bridgehead atoms. The SMILES string of the molecule is Cc1cc(-c2[c-]cccc2)nc[c]1[Ge]([CH3])([CH3])[CH3].[2H]C(C)(C)c1ccnc(-c2[c-]ccc3c2sc2c4ccc(C)nc4c4ccccc4c32)c1.[Ir]. The van der Waals surface area contributed by atoms with Crippen molar-refractivity contribution in [2.24, 2.45) is 0 Å². The van der Waals surface area contributed by atoms with Crippen molar-refractivity contribution >= 4 is 70.8 Å². The van der Waals surface area contributed by atoms with Crippen molar-refractivity contribution in [3.8, 4) is 22.5 Å². The van der Waals surface area contributed by atoms with E-state index in [0.29, 0.717) is 0 Å². The molecule has 247 valence electrons. The molecule has 4 aromatic carbocycles. The molecule has 4 aromatic heterocycles. The van der Waals surface area contributed by atoms with Crippen LogP contribution in [0, 0.1) is 26.0 Å². The van der Waals surface area contributed by atoms with Crippen LogP contribution in [0.1, 0.15) is 37.9 Å². The average Bonchev–Trinajstić information content (AvgIpc) is 3.48. The number of pyridine rings is 3. The second-order valence-corrected chi connectivity index (χ2v) is 25.2. The van der Waals surface area contributed by atoms with Crippen molar-refractivity contribution in [2.75, 3.05) is 0 Å². The van der Waals surface area contributed by atoms with Crippen LogP contribution in [0.3, 0.4) is 0 Å². The summed E-state index contributed by atoms with van der Waals surface area (Å²) in [4.78, 5) is 14.2. The number of aromatic nitrogens is 3. The van der Waals surface area contributed by atoms with Crippen molar-refractivity contribution in [1.82, 2.24) is 15.0 Å². The Morgan fingerprint density at radius 1 is 0.755 bits per heavy atom. The molecule has 8 aromatic rings. The van der Waals surface area contributed by atoms with Gasteiger partial charge in [-0.05, 0) is 52.2 Å². The number of hydrogen-bond acceptors (Lipinski definition) is 4. The molecule has 0 spiro atoms. The first-order valence-corrected chi connectivity index (χ1v) is 24.5. The zero-order chi connectivity index (χ0) is 34.5. The average molecular weight is 896 g/mol. The summed E-state index contributed by atoms with van der Waals surface area (Å²) in [6.07, 6.45) is 3.88. The van der Waals surface area contributed by atoms with Crippen LogP contribution >= 0.6 is 11.3 Å². The van der Waals surface area contributed by atoms with Crippen LogP contribution in [0.2, 0.25) is 17.3 Å². The zero-order valence-corrected chi connectivity index (χ0v) is 34.2. The Kier molecular flexibility index (Phi) is 9.81. The second-order valence-electron chi connectivity index (χ2n) is 13.6. The fraction of sp³-hybridized carbons (Fsp3) is 0.186. The van der Waals surface area contributed by atoms with Crippen molar-refractivity contribution in [3.63, 3.8) is 0 Å². The van der Waals surface area contributed by atoms with E-state index in [0.717, 1.165) is 39.3 Å². The first kappa shape index (κ1) is 33.7. The van der Waals surface area contributed by atoms with Crippen molar-refractivity contribution in [2.45, 2.75) is 50.9 Å². The summed E-state index contributed by atoms with van der Waals surface area (Å²) in [6.45, 7) is 8.05. The van der Waals surface area contributed by atoms with Crippen LogP contribution in [0.25, 0.3) is 64.4 Å². The maximum absolute atomic E-state index is 8.44. The van der Waals surface area contributed by atoms with Crippen LogP contribution < -0.4 is 4.40 Å². The van der Waals surface area contributed by atoms with Gasteiger partial charge in [-0.3, -0.25) is 4.98 Å². The maximum atomic E-state index is 8.44. The van der Waals surface area contributed by atoms with Gasteiger partial charge in [0.2, 0.25) is 0 Å². The molecule has 4 heterocycles. The Labute approximate surface area is 311 Å². The fourth-order valence-electron chi connectivity index (χ4n) is 6.48. The Balaban J connectivity index is 0.000000204. The molecule has 0 unspecified atom stereocenters. The summed E-state index contributed by atoms with van der Waals surface area (Å²) < 4.78 is 12.4. The largest absolute Gasteiger partial charge is 0.305 e. The Hall–Kier alpha value is -3.74. The smallest absolute Gasteiger partial charge is 0.0797 e. The van der Waals surface area contributed by atoms with Crippen LogP contribution in [-0.4, -0.2) is 28.2 Å². The van der Waals surface area contributed by atoms with Gasteiger partial charge in [-0.1, -0.05) is 55.1 Å². The normalized spacial score (nSPS) is 12.1. The van der Waals surface area contributed by atoms with Gasteiger partial charge in [-0.2, -0.15) is 11.3 Å². The van der Waals surface area contributed by atoms with Crippen LogP contribution in [0.4, 0.5) is 0 Å². The molecule has 0 amide bonds. The molecule has 0 aliphatic carbocycles. The second kappa shape index (κ2) is 14.2. The number of hydrogen-bond donors (Lipinski definition) is 0. The summed E-state index contributed by atoms with van der Waals surface area (Å²) >= 11 is 0.0159. The van der Waals surface area contributed by atoms with Crippen LogP contribution in [0.15, 0.2) is 103 Å². The minimum Gasteiger partial charge on any atom is -0.305 e. The number of thiophene rings is 1. The molecule has 8 rings (SSSR count). The Morgan fingerprint density at radius 3 is 2.24 bits per heavy atom. The first-order chi connectivity index (χ1) is 23.4. The van der Waals surface area contributed by atoms with Gasteiger partial charge in [0.25, 0.3) is 0 Å². The predicted molar refractivity (Wildman–Crippen MR) is 209 cm³/mol. The maximum Gasteiger partial charge on any atom is 0.0797 e. The number of benzene rings is 4. The van der Waals surface area contributed by atoms with Gasteiger partial charge in [-0.15, -0.1) is 23.8 Å². The van der Waals surface area contributed by atoms with Gasteiger partial charge in [0.05, 0.1) is 5.52 Å². The Bertz CT molecular complexity index is 2500. The van der Waals surface area contributed by atoms with E-state index < -0.39 is 19.2 Å². The van der Waals surface area contributed by atoms with Gasteiger partial charge in [0.1, 0.15) is 0 Å². The predicted octanol–water partition coefficient (Wildman–Crippen LogP) is 11.4. The van der Waals surface area contributed by atoms with Crippen molar-refractivity contribution in [1.29, 1.82) is 0 Å².